The van der Waals surface area contributed by atoms with Crippen LogP contribution in [0.25, 0.3) is 0 Å². The minimum absolute atomic E-state index is 0.259. The molecule has 144 valence electrons. The lowest BCUT2D eigenvalue weighted by Crippen LogP contribution is -2.87. The second-order valence-electron chi connectivity index (χ2n) is 9.02. The second kappa shape index (κ2) is 7.87. The number of aliphatic hydroxyl groups is 1. The van der Waals surface area contributed by atoms with Crippen molar-refractivity contribution in [3.8, 4) is 5.75 Å². The van der Waals surface area contributed by atoms with E-state index in [2.05, 4.69) is 5.32 Å². The Kier molecular flexibility index (Phi) is 5.71. The highest BCUT2D eigenvalue weighted by Gasteiger charge is 2.50. The zero-order valence-electron chi connectivity index (χ0n) is 15.3. The Hall–Kier alpha value is -0.480. The van der Waals surface area contributed by atoms with Gasteiger partial charge in [-0.15, -0.1) is 0 Å². The maximum atomic E-state index is 10.2. The fourth-order valence-corrected chi connectivity index (χ4v) is 6.62. The molecule has 0 aromatic heterocycles. The summed E-state index contributed by atoms with van der Waals surface area (Å²) in [5.41, 5.74) is 0.629. The van der Waals surface area contributed by atoms with Crippen molar-refractivity contribution in [3.05, 3.63) is 28.2 Å². The quantitative estimate of drug-likeness (QED) is 0.652. The molecule has 0 amide bonds. The zero-order chi connectivity index (χ0) is 18.1. The van der Waals surface area contributed by atoms with E-state index in [1.165, 1.54) is 44.9 Å². The smallest absolute Gasteiger partial charge is 0.138 e. The molecule has 1 aromatic rings. The molecule has 1 atom stereocenters. The van der Waals surface area contributed by atoms with E-state index in [0.717, 1.165) is 24.3 Å². The van der Waals surface area contributed by atoms with Gasteiger partial charge in [-0.1, -0.05) is 23.2 Å². The Morgan fingerprint density at radius 3 is 2.38 bits per heavy atom. The van der Waals surface area contributed by atoms with Crippen molar-refractivity contribution in [1.82, 2.24) is 0 Å². The van der Waals surface area contributed by atoms with Crippen LogP contribution in [0.1, 0.15) is 44.9 Å². The highest BCUT2D eigenvalue weighted by molar-refractivity contribution is 6.35. The van der Waals surface area contributed by atoms with Crippen molar-refractivity contribution < 1.29 is 15.2 Å². The molecule has 0 unspecified atom stereocenters. The second-order valence-corrected chi connectivity index (χ2v) is 9.86. The summed E-state index contributed by atoms with van der Waals surface area (Å²) in [4.78, 5) is 0. The van der Waals surface area contributed by atoms with Crippen LogP contribution in [0.4, 0.5) is 0 Å². The van der Waals surface area contributed by atoms with Gasteiger partial charge in [-0.3, -0.25) is 0 Å². The highest BCUT2D eigenvalue weighted by Crippen LogP contribution is 2.61. The molecule has 4 bridgehead atoms. The molecule has 0 aliphatic heterocycles. The highest BCUT2D eigenvalue weighted by atomic mass is 35.5. The molecule has 0 spiro atoms. The van der Waals surface area contributed by atoms with Gasteiger partial charge >= 0.3 is 0 Å². The van der Waals surface area contributed by atoms with Crippen LogP contribution in [0.3, 0.4) is 0 Å². The van der Waals surface area contributed by atoms with Gasteiger partial charge < -0.3 is 15.2 Å². The van der Waals surface area contributed by atoms with Crippen LogP contribution in [0.2, 0.25) is 10.0 Å². The van der Waals surface area contributed by atoms with E-state index in [-0.39, 0.29) is 6.61 Å². The van der Waals surface area contributed by atoms with Gasteiger partial charge in [0.15, 0.2) is 0 Å². The predicted octanol–water partition coefficient (Wildman–Crippen LogP) is 3.90. The van der Waals surface area contributed by atoms with Crippen LogP contribution in [0.15, 0.2) is 18.2 Å². The summed E-state index contributed by atoms with van der Waals surface area (Å²) >= 11 is 12.0. The van der Waals surface area contributed by atoms with Gasteiger partial charge in [0.05, 0.1) is 11.6 Å². The Morgan fingerprint density at radius 2 is 1.77 bits per heavy atom. The minimum Gasteiger partial charge on any atom is -0.489 e. The van der Waals surface area contributed by atoms with Gasteiger partial charge in [0.2, 0.25) is 0 Å². The number of benzene rings is 1. The molecule has 5 heteroatoms. The fourth-order valence-electron chi connectivity index (χ4n) is 6.16. The molecule has 4 fully saturated rings. The Morgan fingerprint density at radius 1 is 1.12 bits per heavy atom. The average Bonchev–Trinajstić information content (AvgIpc) is 2.57. The summed E-state index contributed by atoms with van der Waals surface area (Å²) in [7, 11) is 0. The molecule has 3 nitrogen and oxygen atoms in total. The van der Waals surface area contributed by atoms with Gasteiger partial charge in [0.25, 0.3) is 0 Å². The van der Waals surface area contributed by atoms with Crippen molar-refractivity contribution in [2.45, 2.75) is 51.0 Å². The predicted molar refractivity (Wildman–Crippen MR) is 105 cm³/mol. The summed E-state index contributed by atoms with van der Waals surface area (Å²) in [6, 6.07) is 5.14. The molecule has 0 heterocycles. The number of nitrogens with two attached hydrogens (primary N) is 1. The number of quaternary nitrogens is 1. The van der Waals surface area contributed by atoms with E-state index in [4.69, 9.17) is 27.9 Å². The number of halogens is 2. The van der Waals surface area contributed by atoms with E-state index < -0.39 is 6.10 Å². The van der Waals surface area contributed by atoms with Crippen molar-refractivity contribution in [1.29, 1.82) is 0 Å². The number of ether oxygens (including phenoxy) is 1. The monoisotopic (exact) mass is 398 g/mol. The van der Waals surface area contributed by atoms with E-state index >= 15 is 0 Å². The molecule has 4 aliphatic carbocycles. The summed E-state index contributed by atoms with van der Waals surface area (Å²) in [6.45, 7) is 2.05. The van der Waals surface area contributed by atoms with Crippen LogP contribution in [0, 0.1) is 23.2 Å². The topological polar surface area (TPSA) is 46.1 Å². The van der Waals surface area contributed by atoms with E-state index in [1.807, 2.05) is 0 Å². The number of aliphatic hydroxyl groups excluding tert-OH is 1. The van der Waals surface area contributed by atoms with Crippen molar-refractivity contribution in [2.75, 3.05) is 19.7 Å². The Labute approximate surface area is 166 Å². The molecular formula is C21H30Cl2NO2+. The zero-order valence-corrected chi connectivity index (χ0v) is 16.8. The van der Waals surface area contributed by atoms with Gasteiger partial charge in [-0.2, -0.15) is 0 Å². The average molecular weight is 399 g/mol. The van der Waals surface area contributed by atoms with Gasteiger partial charge in [0.1, 0.15) is 25.0 Å². The molecule has 3 N–H and O–H groups in total. The third-order valence-electron chi connectivity index (χ3n) is 6.81. The molecule has 1 aromatic carbocycles. The largest absolute Gasteiger partial charge is 0.489 e. The van der Waals surface area contributed by atoms with Gasteiger partial charge in [-0.05, 0) is 79.9 Å². The third-order valence-corrected chi connectivity index (χ3v) is 7.34. The summed E-state index contributed by atoms with van der Waals surface area (Å²) in [5.74, 6) is 3.63. The lowest BCUT2D eigenvalue weighted by Gasteiger charge is -2.56. The normalized spacial score (nSPS) is 33.4. The van der Waals surface area contributed by atoms with Crippen molar-refractivity contribution in [2.24, 2.45) is 23.2 Å². The maximum Gasteiger partial charge on any atom is 0.138 e. The molecule has 4 saturated carbocycles. The molecule has 0 radical (unpaired) electrons. The van der Waals surface area contributed by atoms with Crippen LogP contribution < -0.4 is 10.1 Å². The van der Waals surface area contributed by atoms with Crippen LogP contribution in [0.5, 0.6) is 5.75 Å². The van der Waals surface area contributed by atoms with Gasteiger partial charge in [0, 0.05) is 11.4 Å². The molecular weight excluding hydrogens is 369 g/mol. The lowest BCUT2D eigenvalue weighted by molar-refractivity contribution is -0.663. The molecule has 5 rings (SSSR count). The first kappa shape index (κ1) is 18.9. The first-order valence-corrected chi connectivity index (χ1v) is 10.8. The first-order chi connectivity index (χ1) is 12.5. The summed E-state index contributed by atoms with van der Waals surface area (Å²) in [6.07, 6.45) is 9.74. The molecule has 4 aliphatic rings. The van der Waals surface area contributed by atoms with E-state index in [9.17, 15) is 5.11 Å². The standard InChI is InChI=1S/C21H29Cl2NO2/c22-17-1-2-20(19(23)8-17)26-13-18(25)12-24-4-3-21-9-14-5-15(10-21)7-16(6-14)11-21/h1-2,8,14-16,18,24-25H,3-7,9-13H2/p+1/t14?,15?,16?,18-,21?/m1/s1. The lowest BCUT2D eigenvalue weighted by atomic mass is 9.49. The van der Waals surface area contributed by atoms with Crippen LogP contribution in [-0.2, 0) is 0 Å². The van der Waals surface area contributed by atoms with E-state index in [0.29, 0.717) is 27.8 Å². The molecule has 26 heavy (non-hydrogen) atoms. The van der Waals surface area contributed by atoms with Gasteiger partial charge in [-0.25, -0.2) is 0 Å². The van der Waals surface area contributed by atoms with Crippen molar-refractivity contribution in [3.63, 3.8) is 0 Å². The summed E-state index contributed by atoms with van der Waals surface area (Å²) < 4.78 is 5.62. The molecule has 0 saturated heterocycles. The third kappa shape index (κ3) is 4.32. The van der Waals surface area contributed by atoms with E-state index in [1.54, 1.807) is 18.2 Å². The first-order valence-electron chi connectivity index (χ1n) is 10.1. The van der Waals surface area contributed by atoms with Crippen LogP contribution >= 0.6 is 23.2 Å². The number of hydrogen-bond donors (Lipinski definition) is 2. The number of hydrogen-bond acceptors (Lipinski definition) is 2. The number of rotatable bonds is 8. The summed E-state index contributed by atoms with van der Waals surface area (Å²) in [5, 5.41) is 13.5. The van der Waals surface area contributed by atoms with Crippen LogP contribution in [-0.4, -0.2) is 30.9 Å². The fraction of sp³-hybridized carbons (Fsp3) is 0.714. The van der Waals surface area contributed by atoms with Crippen molar-refractivity contribution >= 4 is 23.2 Å². The minimum atomic E-state index is -0.488. The Bertz CT molecular complexity index is 601. The Balaban J connectivity index is 1.17. The maximum absolute atomic E-state index is 10.2. The SMILES string of the molecule is O[C@H](C[NH2+]CCC12CC3CC(CC(C3)C1)C2)COc1ccc(Cl)cc1Cl.